The molecule has 138 valence electrons. The lowest BCUT2D eigenvalue weighted by Crippen LogP contribution is -2.39. The fraction of sp³-hybridized carbons (Fsp3) is 0.316. The molecular weight excluding hydrogens is 355 g/mol. The van der Waals surface area contributed by atoms with E-state index in [9.17, 15) is 17.6 Å². The van der Waals surface area contributed by atoms with Gasteiger partial charge in [-0.1, -0.05) is 19.1 Å². The van der Waals surface area contributed by atoms with E-state index in [1.807, 2.05) is 6.92 Å². The highest BCUT2D eigenvalue weighted by molar-refractivity contribution is 7.89. The lowest BCUT2D eigenvalue weighted by molar-refractivity contribution is 0.102. The largest absolute Gasteiger partial charge is 0.322 e. The first-order valence-corrected chi connectivity index (χ1v) is 9.98. The van der Waals surface area contributed by atoms with Crippen LogP contribution in [0.5, 0.6) is 0 Å². The van der Waals surface area contributed by atoms with Crippen LogP contribution in [0.2, 0.25) is 0 Å². The van der Waals surface area contributed by atoms with E-state index in [4.69, 9.17) is 0 Å². The van der Waals surface area contributed by atoms with Gasteiger partial charge in [-0.25, -0.2) is 12.8 Å². The molecule has 26 heavy (non-hydrogen) atoms. The summed E-state index contributed by atoms with van der Waals surface area (Å²) in [7, 11) is -3.54. The first-order valence-electron chi connectivity index (χ1n) is 8.54. The lowest BCUT2D eigenvalue weighted by atomic mass is 10.0. The number of carbonyl (C=O) groups excluding carboxylic acids is 1. The molecule has 1 atom stereocenters. The fourth-order valence-electron chi connectivity index (χ4n) is 3.07. The number of nitrogens with zero attached hydrogens (tertiary/aromatic N) is 1. The predicted molar refractivity (Wildman–Crippen MR) is 98.0 cm³/mol. The second-order valence-corrected chi connectivity index (χ2v) is 8.51. The minimum atomic E-state index is -3.54. The van der Waals surface area contributed by atoms with Gasteiger partial charge >= 0.3 is 0 Å². The molecule has 7 heteroatoms. The number of hydrogen-bond donors (Lipinski definition) is 1. The number of anilines is 1. The minimum Gasteiger partial charge on any atom is -0.322 e. The average molecular weight is 376 g/mol. The molecule has 1 aliphatic heterocycles. The molecule has 0 saturated carbocycles. The maximum absolute atomic E-state index is 13.7. The van der Waals surface area contributed by atoms with Crippen molar-refractivity contribution in [1.29, 1.82) is 0 Å². The SMILES string of the molecule is C[C@@H]1CCCN(S(=O)(=O)c2ccc(NC(=O)c3ccccc3F)cc2)C1. The monoisotopic (exact) mass is 376 g/mol. The van der Waals surface area contributed by atoms with E-state index in [1.54, 1.807) is 6.07 Å². The van der Waals surface area contributed by atoms with E-state index in [0.29, 0.717) is 24.7 Å². The van der Waals surface area contributed by atoms with Gasteiger partial charge in [-0.05, 0) is 55.2 Å². The van der Waals surface area contributed by atoms with E-state index in [0.717, 1.165) is 12.8 Å². The highest BCUT2D eigenvalue weighted by atomic mass is 32.2. The quantitative estimate of drug-likeness (QED) is 0.888. The molecule has 1 N–H and O–H groups in total. The van der Waals surface area contributed by atoms with Crippen molar-refractivity contribution in [2.75, 3.05) is 18.4 Å². The summed E-state index contributed by atoms with van der Waals surface area (Å²) in [6, 6.07) is 11.6. The first-order chi connectivity index (χ1) is 12.4. The number of hydrogen-bond acceptors (Lipinski definition) is 3. The Labute approximate surface area is 152 Å². The zero-order valence-electron chi connectivity index (χ0n) is 14.5. The third-order valence-electron chi connectivity index (χ3n) is 4.49. The maximum atomic E-state index is 13.7. The standard InChI is InChI=1S/C19H21FN2O3S/c1-14-5-4-12-22(13-14)26(24,25)16-10-8-15(9-11-16)21-19(23)17-6-2-3-7-18(17)20/h2-3,6-11,14H,4-5,12-13H2,1H3,(H,21,23)/t14-/m1/s1. The number of benzene rings is 2. The molecule has 1 fully saturated rings. The van der Waals surface area contributed by atoms with Crippen molar-refractivity contribution < 1.29 is 17.6 Å². The van der Waals surface area contributed by atoms with Gasteiger partial charge in [0.1, 0.15) is 5.82 Å². The molecule has 3 rings (SSSR count). The van der Waals surface area contributed by atoms with Gasteiger partial charge in [-0.3, -0.25) is 4.79 Å². The Morgan fingerprint density at radius 2 is 1.85 bits per heavy atom. The molecule has 5 nitrogen and oxygen atoms in total. The predicted octanol–water partition coefficient (Wildman–Crippen LogP) is 3.50. The van der Waals surface area contributed by atoms with Crippen molar-refractivity contribution in [3.63, 3.8) is 0 Å². The highest BCUT2D eigenvalue weighted by Crippen LogP contribution is 2.24. The number of piperidine rings is 1. The third-order valence-corrected chi connectivity index (χ3v) is 6.37. The summed E-state index contributed by atoms with van der Waals surface area (Å²) in [5.74, 6) is -0.843. The van der Waals surface area contributed by atoms with Crippen molar-refractivity contribution >= 4 is 21.6 Å². The van der Waals surface area contributed by atoms with Crippen molar-refractivity contribution in [2.45, 2.75) is 24.7 Å². The highest BCUT2D eigenvalue weighted by Gasteiger charge is 2.28. The van der Waals surface area contributed by atoms with Crippen LogP contribution in [0.4, 0.5) is 10.1 Å². The fourth-order valence-corrected chi connectivity index (χ4v) is 4.67. The van der Waals surface area contributed by atoms with Crippen LogP contribution in [0.1, 0.15) is 30.1 Å². The smallest absolute Gasteiger partial charge is 0.258 e. The van der Waals surface area contributed by atoms with Crippen molar-refractivity contribution in [3.8, 4) is 0 Å². The number of halogens is 1. The molecule has 0 radical (unpaired) electrons. The van der Waals surface area contributed by atoms with Crippen LogP contribution in [0, 0.1) is 11.7 Å². The van der Waals surface area contributed by atoms with Gasteiger partial charge in [0.15, 0.2) is 0 Å². The molecule has 0 bridgehead atoms. The second kappa shape index (κ2) is 7.55. The van der Waals surface area contributed by atoms with Crippen LogP contribution in [0.25, 0.3) is 0 Å². The van der Waals surface area contributed by atoms with Gasteiger partial charge < -0.3 is 5.32 Å². The van der Waals surface area contributed by atoms with Crippen molar-refractivity contribution in [2.24, 2.45) is 5.92 Å². The van der Waals surface area contributed by atoms with Gasteiger partial charge in [0.2, 0.25) is 10.0 Å². The summed E-state index contributed by atoms with van der Waals surface area (Å²) < 4.78 is 40.6. The van der Waals surface area contributed by atoms with Gasteiger partial charge in [0.05, 0.1) is 10.5 Å². The Morgan fingerprint density at radius 3 is 2.50 bits per heavy atom. The molecule has 1 saturated heterocycles. The molecule has 2 aromatic carbocycles. The number of sulfonamides is 1. The number of nitrogens with one attached hydrogen (secondary N) is 1. The normalized spacial score (nSPS) is 18.5. The number of carbonyl (C=O) groups is 1. The summed E-state index contributed by atoms with van der Waals surface area (Å²) in [5.41, 5.74) is 0.343. The zero-order chi connectivity index (χ0) is 18.7. The lowest BCUT2D eigenvalue weighted by Gasteiger charge is -2.30. The molecule has 0 aromatic heterocycles. The Morgan fingerprint density at radius 1 is 1.15 bits per heavy atom. The average Bonchev–Trinajstić information content (AvgIpc) is 2.62. The van der Waals surface area contributed by atoms with Crippen LogP contribution in [-0.4, -0.2) is 31.7 Å². The molecule has 0 unspecified atom stereocenters. The van der Waals surface area contributed by atoms with Crippen LogP contribution in [0.15, 0.2) is 53.4 Å². The summed E-state index contributed by atoms with van der Waals surface area (Å²) in [4.78, 5) is 12.3. The van der Waals surface area contributed by atoms with Gasteiger partial charge in [-0.2, -0.15) is 4.31 Å². The molecule has 2 aromatic rings. The maximum Gasteiger partial charge on any atom is 0.258 e. The van der Waals surface area contributed by atoms with E-state index in [2.05, 4.69) is 5.32 Å². The number of amides is 1. The molecule has 1 aliphatic rings. The summed E-state index contributed by atoms with van der Waals surface area (Å²) in [5, 5.41) is 2.58. The zero-order valence-corrected chi connectivity index (χ0v) is 15.3. The summed E-state index contributed by atoms with van der Waals surface area (Å²) >= 11 is 0. The van der Waals surface area contributed by atoms with E-state index in [1.165, 1.54) is 46.8 Å². The molecule has 0 aliphatic carbocycles. The van der Waals surface area contributed by atoms with Gasteiger partial charge in [0, 0.05) is 18.8 Å². The Kier molecular flexibility index (Phi) is 5.38. The Balaban J connectivity index is 1.74. The minimum absolute atomic E-state index is 0.0634. The third kappa shape index (κ3) is 3.94. The van der Waals surface area contributed by atoms with E-state index < -0.39 is 21.7 Å². The van der Waals surface area contributed by atoms with E-state index in [-0.39, 0.29) is 10.5 Å². The van der Waals surface area contributed by atoms with Crippen molar-refractivity contribution in [1.82, 2.24) is 4.31 Å². The van der Waals surface area contributed by atoms with Crippen LogP contribution < -0.4 is 5.32 Å². The van der Waals surface area contributed by atoms with Crippen LogP contribution in [-0.2, 0) is 10.0 Å². The van der Waals surface area contributed by atoms with E-state index >= 15 is 0 Å². The Hall–Kier alpha value is -2.25. The molecule has 0 spiro atoms. The topological polar surface area (TPSA) is 66.5 Å². The van der Waals surface area contributed by atoms with Crippen molar-refractivity contribution in [3.05, 3.63) is 59.9 Å². The second-order valence-electron chi connectivity index (χ2n) is 6.57. The summed E-state index contributed by atoms with van der Waals surface area (Å²) in [6.07, 6.45) is 1.89. The molecule has 1 heterocycles. The van der Waals surface area contributed by atoms with Gasteiger partial charge in [0.25, 0.3) is 5.91 Å². The van der Waals surface area contributed by atoms with Gasteiger partial charge in [-0.15, -0.1) is 0 Å². The Bertz CT molecular complexity index is 897. The van der Waals surface area contributed by atoms with Crippen LogP contribution >= 0.6 is 0 Å². The molecular formula is C19H21FN2O3S. The summed E-state index contributed by atoms with van der Waals surface area (Å²) in [6.45, 7) is 3.09. The number of rotatable bonds is 4. The van der Waals surface area contributed by atoms with Crippen LogP contribution in [0.3, 0.4) is 0 Å². The molecule has 1 amide bonds. The first kappa shape index (κ1) is 18.5.